The molecule has 0 bridgehead atoms. The molecule has 0 aliphatic carbocycles. The molecule has 0 saturated carbocycles. The number of likely N-dealkylation sites (N-methyl/N-ethyl adjacent to an activating group) is 1. The van der Waals surface area contributed by atoms with Crippen molar-refractivity contribution in [2.24, 2.45) is 5.92 Å². The second kappa shape index (κ2) is 12.3. The van der Waals surface area contributed by atoms with Crippen molar-refractivity contribution >= 4 is 27.5 Å². The Hall–Kier alpha value is -3.16. The van der Waals surface area contributed by atoms with Crippen LogP contribution >= 0.6 is 0 Å². The van der Waals surface area contributed by atoms with Gasteiger partial charge in [-0.25, -0.2) is 8.42 Å². The fourth-order valence-corrected chi connectivity index (χ4v) is 5.33. The van der Waals surface area contributed by atoms with E-state index in [2.05, 4.69) is 5.32 Å². The smallest absolute Gasteiger partial charge is 0.389 e. The Morgan fingerprint density at radius 1 is 1.23 bits per heavy atom. The molecule has 214 valence electrons. The van der Waals surface area contributed by atoms with Crippen molar-refractivity contribution in [2.75, 3.05) is 32.1 Å². The van der Waals surface area contributed by atoms with Crippen molar-refractivity contribution < 1.29 is 41.0 Å². The number of rotatable bonds is 9. The lowest BCUT2D eigenvalue weighted by Gasteiger charge is -2.38. The lowest BCUT2D eigenvalue weighted by molar-refractivity contribution is -0.142. The van der Waals surface area contributed by atoms with Crippen molar-refractivity contribution in [3.8, 4) is 5.75 Å². The lowest BCUT2D eigenvalue weighted by atomic mass is 9.99. The number of hydrogen-bond acceptors (Lipinski definition) is 6. The lowest BCUT2D eigenvalue weighted by Crippen LogP contribution is -2.50. The molecule has 0 saturated heterocycles. The van der Waals surface area contributed by atoms with E-state index in [0.29, 0.717) is 0 Å². The SMILES string of the molecule is C[C@@H]1CN([C@@H](C)CO)C(=O)c2cc(NC(=O)CCC(F)(F)F)ccc2O[C@@H]1CN(C)S(=O)(=O)c1ccccc1. The van der Waals surface area contributed by atoms with Crippen molar-refractivity contribution in [3.05, 3.63) is 54.1 Å². The van der Waals surface area contributed by atoms with Crippen molar-refractivity contribution in [1.82, 2.24) is 9.21 Å². The van der Waals surface area contributed by atoms with E-state index in [0.717, 1.165) is 0 Å². The van der Waals surface area contributed by atoms with Gasteiger partial charge in [0.1, 0.15) is 11.9 Å². The minimum absolute atomic E-state index is 0.0226. The number of carbonyl (C=O) groups is 2. The number of alkyl halides is 3. The number of ether oxygens (including phenoxy) is 1. The molecule has 3 atom stereocenters. The Morgan fingerprint density at radius 2 is 1.90 bits per heavy atom. The minimum atomic E-state index is -4.49. The highest BCUT2D eigenvalue weighted by atomic mass is 32.2. The number of sulfonamides is 1. The average Bonchev–Trinajstić information content (AvgIpc) is 2.89. The molecule has 1 heterocycles. The zero-order valence-corrected chi connectivity index (χ0v) is 22.6. The summed E-state index contributed by atoms with van der Waals surface area (Å²) in [5.74, 6) is -1.61. The summed E-state index contributed by atoms with van der Waals surface area (Å²) in [7, 11) is -2.41. The van der Waals surface area contributed by atoms with E-state index < -0.39 is 53.0 Å². The Labute approximate surface area is 225 Å². The average molecular weight is 572 g/mol. The molecule has 1 aliphatic heterocycles. The van der Waals surface area contributed by atoms with Gasteiger partial charge in [-0.3, -0.25) is 9.59 Å². The van der Waals surface area contributed by atoms with E-state index in [1.807, 2.05) is 0 Å². The van der Waals surface area contributed by atoms with Crippen LogP contribution in [-0.2, 0) is 14.8 Å². The maximum absolute atomic E-state index is 13.5. The zero-order chi connectivity index (χ0) is 29.0. The van der Waals surface area contributed by atoms with Crippen LogP contribution in [0.1, 0.15) is 37.0 Å². The molecule has 0 radical (unpaired) electrons. The molecular weight excluding hydrogens is 539 g/mol. The summed E-state index contributed by atoms with van der Waals surface area (Å²) in [6.45, 7) is 3.19. The first-order valence-corrected chi connectivity index (χ1v) is 13.8. The van der Waals surface area contributed by atoms with Crippen LogP contribution in [0.25, 0.3) is 0 Å². The summed E-state index contributed by atoms with van der Waals surface area (Å²) >= 11 is 0. The van der Waals surface area contributed by atoms with Gasteiger partial charge in [-0.1, -0.05) is 25.1 Å². The molecule has 3 rings (SSSR count). The van der Waals surface area contributed by atoms with Gasteiger partial charge in [-0.15, -0.1) is 0 Å². The van der Waals surface area contributed by atoms with Gasteiger partial charge in [0, 0.05) is 31.6 Å². The monoisotopic (exact) mass is 571 g/mol. The molecule has 0 aromatic heterocycles. The van der Waals surface area contributed by atoms with Crippen LogP contribution in [0.2, 0.25) is 0 Å². The molecule has 2 aromatic rings. The third kappa shape index (κ3) is 7.70. The molecule has 13 heteroatoms. The number of nitrogens with one attached hydrogen (secondary N) is 1. The number of halogens is 3. The Bertz CT molecular complexity index is 1270. The van der Waals surface area contributed by atoms with Crippen LogP contribution in [-0.4, -0.2) is 79.6 Å². The second-order valence-electron chi connectivity index (χ2n) is 9.60. The zero-order valence-electron chi connectivity index (χ0n) is 21.8. The van der Waals surface area contributed by atoms with Gasteiger partial charge in [0.15, 0.2) is 0 Å². The first kappa shape index (κ1) is 30.4. The molecule has 1 aliphatic rings. The Balaban J connectivity index is 1.91. The number of aliphatic hydroxyl groups is 1. The standard InChI is InChI=1S/C26H32F3N3O6S/c1-17-14-32(18(2)16-33)25(35)21-13-19(30-24(34)11-12-26(27,28)29)9-10-22(21)38-23(17)15-31(3)39(36,37)20-7-5-4-6-8-20/h4-10,13,17-18,23,33H,11-12,14-16H2,1-3H3,(H,30,34)/t17-,18+,23-/m1/s1. The molecule has 0 fully saturated rings. The topological polar surface area (TPSA) is 116 Å². The van der Waals surface area contributed by atoms with Crippen molar-refractivity contribution in [2.45, 2.75) is 49.9 Å². The predicted molar refractivity (Wildman–Crippen MR) is 138 cm³/mol. The Morgan fingerprint density at radius 3 is 2.51 bits per heavy atom. The largest absolute Gasteiger partial charge is 0.488 e. The number of anilines is 1. The molecular formula is C26H32F3N3O6S. The van der Waals surface area contributed by atoms with Gasteiger partial charge < -0.3 is 20.1 Å². The quantitative estimate of drug-likeness (QED) is 0.476. The molecule has 9 nitrogen and oxygen atoms in total. The van der Waals surface area contributed by atoms with Crippen molar-refractivity contribution in [3.63, 3.8) is 0 Å². The number of nitrogens with zero attached hydrogens (tertiary/aromatic N) is 2. The number of carbonyl (C=O) groups excluding carboxylic acids is 2. The molecule has 0 spiro atoms. The van der Waals surface area contributed by atoms with Gasteiger partial charge in [-0.2, -0.15) is 17.5 Å². The maximum atomic E-state index is 13.5. The van der Waals surface area contributed by atoms with E-state index >= 15 is 0 Å². The molecule has 2 amide bonds. The van der Waals surface area contributed by atoms with E-state index in [1.54, 1.807) is 32.0 Å². The molecule has 0 unspecified atom stereocenters. The van der Waals surface area contributed by atoms with E-state index in [9.17, 15) is 36.3 Å². The third-order valence-electron chi connectivity index (χ3n) is 6.47. The van der Waals surface area contributed by atoms with Gasteiger partial charge in [-0.05, 0) is 37.3 Å². The summed E-state index contributed by atoms with van der Waals surface area (Å²) in [5, 5.41) is 12.1. The fraction of sp³-hybridized carbons (Fsp3) is 0.462. The van der Waals surface area contributed by atoms with Gasteiger partial charge in [0.25, 0.3) is 5.91 Å². The van der Waals surface area contributed by atoms with E-state index in [4.69, 9.17) is 4.74 Å². The number of benzene rings is 2. The normalized spacial score (nSPS) is 19.1. The fourth-order valence-electron chi connectivity index (χ4n) is 4.12. The number of fused-ring (bicyclic) bond motifs is 1. The summed E-state index contributed by atoms with van der Waals surface area (Å²) in [6, 6.07) is 11.4. The first-order chi connectivity index (χ1) is 18.2. The number of amides is 2. The van der Waals surface area contributed by atoms with Crippen LogP contribution in [0.5, 0.6) is 5.75 Å². The van der Waals surface area contributed by atoms with Crippen LogP contribution in [0.3, 0.4) is 0 Å². The van der Waals surface area contributed by atoms with Gasteiger partial charge in [0.2, 0.25) is 15.9 Å². The summed E-state index contributed by atoms with van der Waals surface area (Å²) < 4.78 is 71.0. The summed E-state index contributed by atoms with van der Waals surface area (Å²) in [6.07, 6.45) is -7.26. The highest BCUT2D eigenvalue weighted by Crippen LogP contribution is 2.31. The van der Waals surface area contributed by atoms with E-state index in [1.165, 1.54) is 46.6 Å². The predicted octanol–water partition coefficient (Wildman–Crippen LogP) is 3.51. The van der Waals surface area contributed by atoms with E-state index in [-0.39, 0.29) is 47.5 Å². The molecule has 2 N–H and O–H groups in total. The number of hydrogen-bond donors (Lipinski definition) is 2. The first-order valence-electron chi connectivity index (χ1n) is 12.3. The highest BCUT2D eigenvalue weighted by molar-refractivity contribution is 7.89. The summed E-state index contributed by atoms with van der Waals surface area (Å²) in [4.78, 5) is 27.1. The van der Waals surface area contributed by atoms with Gasteiger partial charge >= 0.3 is 6.18 Å². The number of aliphatic hydroxyl groups excluding tert-OH is 1. The maximum Gasteiger partial charge on any atom is 0.389 e. The molecule has 2 aromatic carbocycles. The molecule has 39 heavy (non-hydrogen) atoms. The third-order valence-corrected chi connectivity index (χ3v) is 8.31. The Kier molecular flexibility index (Phi) is 9.62. The van der Waals surface area contributed by atoms with Crippen LogP contribution < -0.4 is 10.1 Å². The van der Waals surface area contributed by atoms with Crippen LogP contribution in [0.4, 0.5) is 18.9 Å². The van der Waals surface area contributed by atoms with Gasteiger partial charge in [0.05, 0.1) is 36.1 Å². The highest BCUT2D eigenvalue weighted by Gasteiger charge is 2.35. The van der Waals surface area contributed by atoms with Crippen LogP contribution in [0, 0.1) is 5.92 Å². The minimum Gasteiger partial charge on any atom is -0.488 e. The van der Waals surface area contributed by atoms with Crippen LogP contribution in [0.15, 0.2) is 53.4 Å². The second-order valence-corrected chi connectivity index (χ2v) is 11.6. The summed E-state index contributed by atoms with van der Waals surface area (Å²) in [5.41, 5.74) is 0.123. The van der Waals surface area contributed by atoms with Crippen molar-refractivity contribution in [1.29, 1.82) is 0 Å².